The van der Waals surface area contributed by atoms with Crippen LogP contribution in [0.1, 0.15) is 34.7 Å². The molecule has 0 saturated heterocycles. The lowest BCUT2D eigenvalue weighted by Crippen LogP contribution is -2.18. The summed E-state index contributed by atoms with van der Waals surface area (Å²) in [7, 11) is -3.99. The number of rotatable bonds is 8. The molecule has 1 N–H and O–H groups in total. The van der Waals surface area contributed by atoms with Gasteiger partial charge < -0.3 is 5.11 Å². The van der Waals surface area contributed by atoms with Crippen LogP contribution in [0.5, 0.6) is 0 Å². The molecule has 0 amide bonds. The predicted molar refractivity (Wildman–Crippen MR) is 130 cm³/mol. The van der Waals surface area contributed by atoms with E-state index in [9.17, 15) is 26.4 Å². The molecule has 2 aromatic heterocycles. The number of carboxylic acids is 1. The number of fused-ring (bicyclic) bond motifs is 2. The van der Waals surface area contributed by atoms with Gasteiger partial charge in [0.25, 0.3) is 0 Å². The second-order valence-electron chi connectivity index (χ2n) is 8.06. The average molecular weight is 523 g/mol. The quantitative estimate of drug-likeness (QED) is 0.312. The van der Waals surface area contributed by atoms with Gasteiger partial charge in [0.1, 0.15) is 0 Å². The van der Waals surface area contributed by atoms with Gasteiger partial charge in [-0.05, 0) is 61.7 Å². The first kappa shape index (κ1) is 24.9. The molecule has 0 radical (unpaired) electrons. The maximum Gasteiger partial charge on any atom is 0.416 e. The molecule has 0 spiro atoms. The second kappa shape index (κ2) is 9.46. The average Bonchev–Trinajstić information content (AvgIpc) is 3.31. The van der Waals surface area contributed by atoms with Crippen molar-refractivity contribution < 1.29 is 31.5 Å². The highest BCUT2D eigenvalue weighted by Gasteiger charge is 2.31. The van der Waals surface area contributed by atoms with Crippen LogP contribution in [0.15, 0.2) is 48.5 Å². The molecule has 184 valence electrons. The van der Waals surface area contributed by atoms with Crippen LogP contribution < -0.4 is 0 Å². The number of nitrogens with zero attached hydrogens (tertiary/aromatic N) is 2. The molecule has 0 saturated carbocycles. The number of hydrogen-bond acceptors (Lipinski definition) is 5. The summed E-state index contributed by atoms with van der Waals surface area (Å²) in [6.45, 7) is 1.90. The third kappa shape index (κ3) is 5.57. The Labute approximate surface area is 203 Å². The van der Waals surface area contributed by atoms with Crippen LogP contribution in [0.2, 0.25) is 0 Å². The molecule has 6 nitrogen and oxygen atoms in total. The summed E-state index contributed by atoms with van der Waals surface area (Å²) in [5.74, 6) is -1.42. The first-order valence-electron chi connectivity index (χ1n) is 10.6. The van der Waals surface area contributed by atoms with Crippen molar-refractivity contribution >= 4 is 54.5 Å². The van der Waals surface area contributed by atoms with E-state index in [4.69, 9.17) is 5.11 Å². The number of aryl methyl sites for hydroxylation is 2. The van der Waals surface area contributed by atoms with Crippen molar-refractivity contribution in [3.63, 3.8) is 0 Å². The van der Waals surface area contributed by atoms with Gasteiger partial charge in [0, 0.05) is 17.5 Å². The minimum Gasteiger partial charge on any atom is -0.481 e. The number of aliphatic carboxylic acids is 1. The molecule has 0 fully saturated rings. The topological polar surface area (TPSA) is 89.3 Å². The Bertz CT molecular complexity index is 1550. The molecule has 4 rings (SSSR count). The lowest BCUT2D eigenvalue weighted by molar-refractivity contribution is -0.138. The van der Waals surface area contributed by atoms with Crippen LogP contribution >= 0.6 is 11.3 Å². The van der Waals surface area contributed by atoms with Gasteiger partial charge in [-0.25, -0.2) is 17.4 Å². The first-order chi connectivity index (χ1) is 16.4. The summed E-state index contributed by atoms with van der Waals surface area (Å²) in [5, 5.41) is 9.97. The van der Waals surface area contributed by atoms with E-state index in [1.165, 1.54) is 23.5 Å². The summed E-state index contributed by atoms with van der Waals surface area (Å²) in [6, 6.07) is 9.86. The molecule has 2 aromatic carbocycles. The predicted octanol–water partition coefficient (Wildman–Crippen LogP) is 5.88. The van der Waals surface area contributed by atoms with Crippen molar-refractivity contribution in [3.8, 4) is 0 Å². The Kier molecular flexibility index (Phi) is 6.74. The van der Waals surface area contributed by atoms with Gasteiger partial charge in [0.2, 0.25) is 10.0 Å². The molecule has 0 atom stereocenters. The van der Waals surface area contributed by atoms with E-state index >= 15 is 0 Å². The molecule has 0 bridgehead atoms. The number of carboxylic acid groups (broad SMARTS) is 1. The zero-order valence-electron chi connectivity index (χ0n) is 18.5. The highest BCUT2D eigenvalue weighted by Crippen LogP contribution is 2.33. The number of carbonyl (C=O) groups is 1. The van der Waals surface area contributed by atoms with Gasteiger partial charge in [-0.1, -0.05) is 18.2 Å². The van der Waals surface area contributed by atoms with E-state index in [1.54, 1.807) is 6.08 Å². The van der Waals surface area contributed by atoms with Gasteiger partial charge in [-0.15, -0.1) is 11.3 Å². The fraction of sp³-hybridized carbons (Fsp3) is 0.250. The number of aromatic nitrogens is 2. The Hall–Kier alpha value is -3.18. The molecular weight excluding hydrogens is 501 g/mol. The Morgan fingerprint density at radius 2 is 1.94 bits per heavy atom. The highest BCUT2D eigenvalue weighted by molar-refractivity contribution is 7.90. The van der Waals surface area contributed by atoms with Crippen molar-refractivity contribution in [1.29, 1.82) is 0 Å². The van der Waals surface area contributed by atoms with Crippen LogP contribution in [0.25, 0.3) is 27.2 Å². The molecule has 35 heavy (non-hydrogen) atoms. The Morgan fingerprint density at radius 1 is 1.17 bits per heavy atom. The maximum absolute atomic E-state index is 13.3. The van der Waals surface area contributed by atoms with Gasteiger partial charge >= 0.3 is 12.1 Å². The fourth-order valence-electron chi connectivity index (χ4n) is 3.89. The molecule has 0 aliphatic heterocycles. The van der Waals surface area contributed by atoms with E-state index in [-0.39, 0.29) is 41.6 Å². The number of thiazole rings is 1. The smallest absolute Gasteiger partial charge is 0.416 e. The fourth-order valence-corrected chi connectivity index (χ4v) is 6.22. The second-order valence-corrected chi connectivity index (χ2v) is 11.2. The van der Waals surface area contributed by atoms with Crippen LogP contribution in [0.3, 0.4) is 0 Å². The lowest BCUT2D eigenvalue weighted by Gasteiger charge is -2.11. The summed E-state index contributed by atoms with van der Waals surface area (Å²) < 4.78 is 68.1. The van der Waals surface area contributed by atoms with E-state index < -0.39 is 27.7 Å². The van der Waals surface area contributed by atoms with Gasteiger partial charge in [-0.3, -0.25) is 4.79 Å². The van der Waals surface area contributed by atoms with Crippen LogP contribution in [-0.4, -0.2) is 34.2 Å². The van der Waals surface area contributed by atoms with Gasteiger partial charge in [0.05, 0.1) is 32.1 Å². The molecule has 0 unspecified atom stereocenters. The van der Waals surface area contributed by atoms with Crippen LogP contribution in [0.4, 0.5) is 13.2 Å². The Balaban J connectivity index is 1.67. The first-order valence-corrected chi connectivity index (χ1v) is 13.1. The van der Waals surface area contributed by atoms with Crippen molar-refractivity contribution in [3.05, 3.63) is 70.4 Å². The van der Waals surface area contributed by atoms with E-state index in [0.717, 1.165) is 43.0 Å². The minimum absolute atomic E-state index is 0.0900. The van der Waals surface area contributed by atoms with Crippen molar-refractivity contribution in [1.82, 2.24) is 8.96 Å². The number of hydrogen-bond donors (Lipinski definition) is 1. The number of benzene rings is 2. The SMILES string of the molecule is Cc1nc2ccc(C=CCS(=O)(=O)n3c(CCCC(=O)O)cc4cc(C(F)(F)F)ccc43)cc2s1. The maximum atomic E-state index is 13.3. The highest BCUT2D eigenvalue weighted by atomic mass is 32.2. The molecule has 11 heteroatoms. The molecule has 4 aromatic rings. The zero-order valence-corrected chi connectivity index (χ0v) is 20.2. The molecular formula is C24H21F3N2O4S2. The molecule has 0 aliphatic rings. The van der Waals surface area contributed by atoms with Crippen molar-refractivity contribution in [2.75, 3.05) is 5.75 Å². The van der Waals surface area contributed by atoms with E-state index in [0.29, 0.717) is 0 Å². The summed E-state index contributed by atoms with van der Waals surface area (Å²) in [4.78, 5) is 15.3. The van der Waals surface area contributed by atoms with Gasteiger partial charge in [-0.2, -0.15) is 13.2 Å². The van der Waals surface area contributed by atoms with E-state index in [1.807, 2.05) is 25.1 Å². The Morgan fingerprint density at radius 3 is 2.66 bits per heavy atom. The van der Waals surface area contributed by atoms with Crippen LogP contribution in [0, 0.1) is 6.92 Å². The van der Waals surface area contributed by atoms with Crippen molar-refractivity contribution in [2.45, 2.75) is 32.4 Å². The van der Waals surface area contributed by atoms with Gasteiger partial charge in [0.15, 0.2) is 0 Å². The largest absolute Gasteiger partial charge is 0.481 e. The third-order valence-corrected chi connectivity index (χ3v) is 7.93. The standard InChI is InChI=1S/C24H21F3N2O4S2/c1-15-28-20-9-7-16(12-22(20)34-15)4-3-11-35(32,33)29-19(5-2-6-23(30)31)14-17-13-18(24(25,26)27)8-10-21(17)29/h3-4,7-10,12-14H,2,5-6,11H2,1H3,(H,30,31). The number of halogens is 3. The molecule has 0 aliphatic carbocycles. The minimum atomic E-state index is -4.57. The summed E-state index contributed by atoms with van der Waals surface area (Å²) in [6.07, 6.45) is -1.36. The zero-order chi connectivity index (χ0) is 25.4. The van der Waals surface area contributed by atoms with Crippen molar-refractivity contribution in [2.24, 2.45) is 0 Å². The molecule has 2 heterocycles. The van der Waals surface area contributed by atoms with Crippen LogP contribution in [-0.2, 0) is 27.4 Å². The summed E-state index contributed by atoms with van der Waals surface area (Å²) in [5.41, 5.74) is 1.14. The van der Waals surface area contributed by atoms with E-state index in [2.05, 4.69) is 4.98 Å². The monoisotopic (exact) mass is 522 g/mol. The lowest BCUT2D eigenvalue weighted by atomic mass is 10.1. The summed E-state index contributed by atoms with van der Waals surface area (Å²) >= 11 is 1.53. The number of alkyl halides is 3. The third-order valence-electron chi connectivity index (χ3n) is 5.39. The normalized spacial score (nSPS) is 12.8.